The van der Waals surface area contributed by atoms with Gasteiger partial charge in [-0.2, -0.15) is 0 Å². The second-order valence-corrected chi connectivity index (χ2v) is 17.2. The molecule has 0 aliphatic carbocycles. The minimum atomic E-state index is -2.55. The summed E-state index contributed by atoms with van der Waals surface area (Å²) >= 11 is 0. The zero-order valence-electron chi connectivity index (χ0n) is 24.8. The molecule has 2 atom stereocenters. The highest BCUT2D eigenvalue weighted by molar-refractivity contribution is 6.74. The smallest absolute Gasteiger partial charge is 0.416 e. The number of nitrogens with zero attached hydrogens (tertiary/aromatic N) is 2. The first-order valence-electron chi connectivity index (χ1n) is 14.1. The average Bonchev–Trinajstić information content (AvgIpc) is 3.35. The van der Waals surface area contributed by atoms with Crippen molar-refractivity contribution >= 4 is 31.6 Å². The van der Waals surface area contributed by atoms with Crippen LogP contribution in [0.1, 0.15) is 54.2 Å². The van der Waals surface area contributed by atoms with E-state index >= 15 is 0 Å². The first-order valence-corrected chi connectivity index (χ1v) is 17.0. The number of hydrogen-bond acceptors (Lipinski definition) is 5. The lowest BCUT2D eigenvalue weighted by atomic mass is 10.0. The number of benzene rings is 3. The van der Waals surface area contributed by atoms with E-state index in [9.17, 15) is 19.1 Å². The fraction of sp³-hybridized carbons (Fsp3) is 0.333. The maximum atomic E-state index is 14.2. The molecule has 220 valence electrons. The normalized spacial score (nSPS) is 18.7. The van der Waals surface area contributed by atoms with Crippen LogP contribution in [0.25, 0.3) is 5.57 Å². The lowest BCUT2D eigenvalue weighted by Gasteiger charge is -2.44. The molecular formula is C33H37FN2O5Si. The van der Waals surface area contributed by atoms with E-state index in [0.29, 0.717) is 12.0 Å². The maximum absolute atomic E-state index is 14.2. The van der Waals surface area contributed by atoms with Crippen LogP contribution in [-0.2, 0) is 15.8 Å². The number of hydrogen-bond donors (Lipinski definition) is 1. The van der Waals surface area contributed by atoms with Crippen molar-refractivity contribution in [1.29, 1.82) is 0 Å². The highest BCUT2D eigenvalue weighted by Crippen LogP contribution is 2.45. The Labute approximate surface area is 247 Å². The summed E-state index contributed by atoms with van der Waals surface area (Å²) in [7, 11) is -2.55. The summed E-state index contributed by atoms with van der Waals surface area (Å²) in [4.78, 5) is 31.3. The summed E-state index contributed by atoms with van der Waals surface area (Å²) in [6.07, 6.45) is 0.540. The van der Waals surface area contributed by atoms with Gasteiger partial charge in [0.25, 0.3) is 5.91 Å². The topological polar surface area (TPSA) is 79.3 Å². The van der Waals surface area contributed by atoms with Crippen molar-refractivity contribution in [3.8, 4) is 5.75 Å². The number of anilines is 1. The van der Waals surface area contributed by atoms with Crippen molar-refractivity contribution in [2.45, 2.75) is 71.1 Å². The van der Waals surface area contributed by atoms with Crippen molar-refractivity contribution in [2.24, 2.45) is 0 Å². The van der Waals surface area contributed by atoms with Gasteiger partial charge in [0.15, 0.2) is 14.5 Å². The molecule has 0 unspecified atom stereocenters. The van der Waals surface area contributed by atoms with Crippen LogP contribution in [0.2, 0.25) is 18.1 Å². The first-order chi connectivity index (χ1) is 19.8. The number of aromatic hydroxyl groups is 1. The maximum Gasteiger partial charge on any atom is 0.416 e. The zero-order chi connectivity index (χ0) is 30.4. The molecule has 0 saturated heterocycles. The summed E-state index contributed by atoms with van der Waals surface area (Å²) in [6, 6.07) is 17.9. The second-order valence-electron chi connectivity index (χ2n) is 12.5. The molecule has 9 heteroatoms. The van der Waals surface area contributed by atoms with Crippen molar-refractivity contribution in [3.63, 3.8) is 0 Å². The molecule has 7 nitrogen and oxygen atoms in total. The molecule has 2 amide bonds. The molecule has 0 fully saturated rings. The number of carbonyl (C=O) groups excluding carboxylic acids is 2. The second kappa shape index (κ2) is 11.0. The van der Waals surface area contributed by atoms with Crippen LogP contribution in [0.5, 0.6) is 5.75 Å². The van der Waals surface area contributed by atoms with Gasteiger partial charge in [-0.05, 0) is 71.9 Å². The van der Waals surface area contributed by atoms with Crippen molar-refractivity contribution in [2.75, 3.05) is 4.90 Å². The molecular weight excluding hydrogens is 551 g/mol. The van der Waals surface area contributed by atoms with E-state index in [0.717, 1.165) is 16.7 Å². The van der Waals surface area contributed by atoms with Gasteiger partial charge in [0, 0.05) is 12.3 Å². The first kappa shape index (κ1) is 29.5. The van der Waals surface area contributed by atoms with Crippen molar-refractivity contribution < 1.29 is 28.2 Å². The van der Waals surface area contributed by atoms with Gasteiger partial charge in [-0.1, -0.05) is 63.2 Å². The molecule has 0 bridgehead atoms. The molecule has 0 spiro atoms. The minimum absolute atomic E-state index is 0.0254. The summed E-state index contributed by atoms with van der Waals surface area (Å²) in [6.45, 7) is 12.2. The van der Waals surface area contributed by atoms with Gasteiger partial charge in [0.1, 0.15) is 18.2 Å². The number of phenolic OH excluding ortho intramolecular Hbond substituents is 1. The molecule has 1 N–H and O–H groups in total. The van der Waals surface area contributed by atoms with Crippen molar-refractivity contribution in [3.05, 3.63) is 101 Å². The Hall–Kier alpha value is -3.95. The lowest BCUT2D eigenvalue weighted by Crippen LogP contribution is -2.57. The van der Waals surface area contributed by atoms with Gasteiger partial charge >= 0.3 is 6.09 Å². The van der Waals surface area contributed by atoms with Crippen molar-refractivity contribution in [1.82, 2.24) is 4.90 Å². The summed E-state index contributed by atoms with van der Waals surface area (Å²) in [5.74, 6) is -0.714. The third-order valence-corrected chi connectivity index (χ3v) is 13.0. The zero-order valence-corrected chi connectivity index (χ0v) is 25.8. The van der Waals surface area contributed by atoms with E-state index in [-0.39, 0.29) is 40.4 Å². The molecule has 42 heavy (non-hydrogen) atoms. The Kier molecular flexibility index (Phi) is 7.76. The lowest BCUT2D eigenvalue weighted by molar-refractivity contribution is 0.0580. The fourth-order valence-electron chi connectivity index (χ4n) is 5.05. The number of fused-ring (bicyclic) bond motifs is 2. The van der Waals surface area contributed by atoms with Crippen LogP contribution in [0, 0.1) is 12.7 Å². The number of ether oxygens (including phenoxy) is 1. The van der Waals surface area contributed by atoms with Crippen LogP contribution in [0.15, 0.2) is 72.9 Å². The Bertz CT molecular complexity index is 1530. The SMILES string of the molecule is Cc1cc2c(cc1O)N(C(=O)OCc1ccccc1)[C@@H](O[Si](C)(C)C(C)(C)C)[C@@H]1CC(c3ccc(F)cc3)=CN1C2=O. The summed E-state index contributed by atoms with van der Waals surface area (Å²) in [5.41, 5.74) is 3.41. The standard InChI is InChI=1S/C33H37FN2O5Si/c1-21-16-26-27(18-29(21)37)36(32(39)40-20-22-10-8-7-9-11-22)31(41-42(5,6)33(2,3)4)28-17-24(19-35(28)30(26)38)23-12-14-25(34)15-13-23/h7-16,18-19,28,31,37H,17,20H2,1-6H3/t28-,31-/m0/s1. The van der Waals surface area contributed by atoms with Gasteiger partial charge in [-0.3, -0.25) is 4.79 Å². The van der Waals surface area contributed by atoms with Crippen LogP contribution >= 0.6 is 0 Å². The highest BCUT2D eigenvalue weighted by atomic mass is 28.4. The summed E-state index contributed by atoms with van der Waals surface area (Å²) in [5, 5.41) is 10.5. The third kappa shape index (κ3) is 5.58. The van der Waals surface area contributed by atoms with E-state index in [1.54, 1.807) is 36.2 Å². The molecule has 2 aliphatic rings. The molecule has 3 aromatic rings. The van der Waals surface area contributed by atoms with Gasteiger partial charge in [-0.15, -0.1) is 0 Å². The molecule has 5 rings (SSSR count). The number of amides is 2. The van der Waals surface area contributed by atoms with E-state index in [1.807, 2.05) is 30.3 Å². The van der Waals surface area contributed by atoms with Gasteiger partial charge in [0.2, 0.25) is 0 Å². The predicted octanol–water partition coefficient (Wildman–Crippen LogP) is 7.60. The molecule has 2 aliphatic heterocycles. The molecule has 2 heterocycles. The van der Waals surface area contributed by atoms with Crippen LogP contribution in [-0.4, -0.2) is 42.6 Å². The molecule has 0 radical (unpaired) electrons. The van der Waals surface area contributed by atoms with Crippen LogP contribution in [0.3, 0.4) is 0 Å². The van der Waals surface area contributed by atoms with Crippen LogP contribution < -0.4 is 4.90 Å². The number of halogens is 1. The van der Waals surface area contributed by atoms with Gasteiger partial charge in [-0.25, -0.2) is 14.1 Å². The molecule has 3 aromatic carbocycles. The highest BCUT2D eigenvalue weighted by Gasteiger charge is 2.50. The Morgan fingerprint density at radius 2 is 1.74 bits per heavy atom. The predicted molar refractivity (Wildman–Crippen MR) is 163 cm³/mol. The molecule has 0 saturated carbocycles. The Balaban J connectivity index is 1.65. The van der Waals surface area contributed by atoms with Gasteiger partial charge in [0.05, 0.1) is 17.3 Å². The number of rotatable bonds is 5. The third-order valence-electron chi connectivity index (χ3n) is 8.54. The van der Waals surface area contributed by atoms with E-state index in [1.165, 1.54) is 23.1 Å². The van der Waals surface area contributed by atoms with Crippen LogP contribution in [0.4, 0.5) is 14.9 Å². The number of aryl methyl sites for hydroxylation is 1. The van der Waals surface area contributed by atoms with E-state index in [4.69, 9.17) is 9.16 Å². The Morgan fingerprint density at radius 3 is 2.38 bits per heavy atom. The monoisotopic (exact) mass is 588 g/mol. The average molecular weight is 589 g/mol. The number of phenols is 1. The largest absolute Gasteiger partial charge is 0.508 e. The summed E-state index contributed by atoms with van der Waals surface area (Å²) < 4.78 is 26.6. The fourth-order valence-corrected chi connectivity index (χ4v) is 6.27. The van der Waals surface area contributed by atoms with Gasteiger partial charge < -0.3 is 19.2 Å². The minimum Gasteiger partial charge on any atom is -0.508 e. The Morgan fingerprint density at radius 1 is 1.07 bits per heavy atom. The number of carbonyl (C=O) groups is 2. The van der Waals surface area contributed by atoms with E-state index in [2.05, 4.69) is 33.9 Å². The van der Waals surface area contributed by atoms with E-state index < -0.39 is 26.7 Å². The quantitative estimate of drug-likeness (QED) is 0.311. The molecule has 0 aromatic heterocycles.